The first-order valence-electron chi connectivity index (χ1n) is 7.67. The van der Waals surface area contributed by atoms with E-state index in [1.807, 2.05) is 31.2 Å². The van der Waals surface area contributed by atoms with Gasteiger partial charge in [-0.05, 0) is 55.6 Å². The van der Waals surface area contributed by atoms with E-state index >= 15 is 0 Å². The number of carbonyl (C=O) groups is 1. The van der Waals surface area contributed by atoms with Crippen LogP contribution in [-0.2, 0) is 4.79 Å². The summed E-state index contributed by atoms with van der Waals surface area (Å²) in [6, 6.07) is 7.70. The van der Waals surface area contributed by atoms with Gasteiger partial charge in [0.05, 0.1) is 6.04 Å². The Morgan fingerprint density at radius 3 is 2.80 bits per heavy atom. The van der Waals surface area contributed by atoms with E-state index < -0.39 is 0 Å². The van der Waals surface area contributed by atoms with Crippen LogP contribution in [0.25, 0.3) is 0 Å². The summed E-state index contributed by atoms with van der Waals surface area (Å²) in [6.45, 7) is 2.00. The molecular formula is C17H22ClNO. The van der Waals surface area contributed by atoms with Gasteiger partial charge in [0, 0.05) is 11.4 Å². The van der Waals surface area contributed by atoms with Crippen LogP contribution >= 0.6 is 11.6 Å². The first-order chi connectivity index (χ1) is 9.63. The number of hydrogen-bond donors (Lipinski definition) is 1. The maximum Gasteiger partial charge on any atom is 0.220 e. The molecule has 2 aliphatic rings. The van der Waals surface area contributed by atoms with Crippen LogP contribution in [0, 0.1) is 17.8 Å². The van der Waals surface area contributed by atoms with Crippen LogP contribution in [0.15, 0.2) is 24.3 Å². The Hall–Kier alpha value is -1.02. The molecule has 0 aliphatic heterocycles. The smallest absolute Gasteiger partial charge is 0.220 e. The number of nitrogens with one attached hydrogen (secondary N) is 1. The van der Waals surface area contributed by atoms with Gasteiger partial charge in [-0.2, -0.15) is 0 Å². The predicted molar refractivity (Wildman–Crippen MR) is 81.6 cm³/mol. The summed E-state index contributed by atoms with van der Waals surface area (Å²) in [7, 11) is 0. The summed E-state index contributed by atoms with van der Waals surface area (Å²) < 4.78 is 0. The second-order valence-corrected chi connectivity index (χ2v) is 6.86. The second kappa shape index (κ2) is 5.77. The molecule has 0 spiro atoms. The lowest BCUT2D eigenvalue weighted by Gasteiger charge is -2.22. The van der Waals surface area contributed by atoms with Crippen molar-refractivity contribution in [1.29, 1.82) is 0 Å². The Labute approximate surface area is 125 Å². The third kappa shape index (κ3) is 2.85. The largest absolute Gasteiger partial charge is 0.350 e. The molecule has 2 fully saturated rings. The molecule has 0 saturated heterocycles. The molecule has 0 aromatic heterocycles. The van der Waals surface area contributed by atoms with Crippen molar-refractivity contribution < 1.29 is 4.79 Å². The van der Waals surface area contributed by atoms with Gasteiger partial charge in [0.25, 0.3) is 0 Å². The van der Waals surface area contributed by atoms with Gasteiger partial charge in [0.1, 0.15) is 0 Å². The van der Waals surface area contributed by atoms with E-state index in [0.29, 0.717) is 12.3 Å². The van der Waals surface area contributed by atoms with Crippen LogP contribution in [0.4, 0.5) is 0 Å². The van der Waals surface area contributed by atoms with Gasteiger partial charge in [-0.1, -0.05) is 36.2 Å². The first kappa shape index (κ1) is 13.9. The molecule has 1 aromatic carbocycles. The fourth-order valence-corrected chi connectivity index (χ4v) is 4.37. The molecule has 2 nitrogen and oxygen atoms in total. The van der Waals surface area contributed by atoms with Crippen molar-refractivity contribution in [3.05, 3.63) is 34.9 Å². The van der Waals surface area contributed by atoms with Gasteiger partial charge in [-0.15, -0.1) is 0 Å². The minimum atomic E-state index is -0.0187. The second-order valence-electron chi connectivity index (χ2n) is 6.45. The Morgan fingerprint density at radius 2 is 2.15 bits per heavy atom. The van der Waals surface area contributed by atoms with Gasteiger partial charge in [-0.25, -0.2) is 0 Å². The molecule has 0 unspecified atom stereocenters. The Morgan fingerprint density at radius 1 is 1.35 bits per heavy atom. The number of halogens is 1. The average Bonchev–Trinajstić information content (AvgIpc) is 3.01. The molecule has 2 aliphatic carbocycles. The highest BCUT2D eigenvalue weighted by molar-refractivity contribution is 6.31. The van der Waals surface area contributed by atoms with Gasteiger partial charge in [0.2, 0.25) is 5.91 Å². The zero-order valence-corrected chi connectivity index (χ0v) is 12.7. The molecule has 0 heterocycles. The zero-order chi connectivity index (χ0) is 14.1. The summed E-state index contributed by atoms with van der Waals surface area (Å²) in [5, 5.41) is 3.82. The molecule has 108 valence electrons. The molecule has 1 amide bonds. The van der Waals surface area contributed by atoms with E-state index in [4.69, 9.17) is 11.6 Å². The lowest BCUT2D eigenvalue weighted by Crippen LogP contribution is -2.29. The molecule has 4 atom stereocenters. The van der Waals surface area contributed by atoms with Crippen LogP contribution in [0.2, 0.25) is 5.02 Å². The molecule has 3 heteroatoms. The number of hydrogen-bond acceptors (Lipinski definition) is 1. The Balaban J connectivity index is 1.55. The molecule has 2 saturated carbocycles. The third-order valence-electron chi connectivity index (χ3n) is 5.08. The molecule has 1 aromatic rings. The lowest BCUT2D eigenvalue weighted by molar-refractivity contribution is -0.123. The van der Waals surface area contributed by atoms with Crippen molar-refractivity contribution in [2.24, 2.45) is 17.8 Å². The number of rotatable bonds is 4. The highest BCUT2D eigenvalue weighted by atomic mass is 35.5. The fourth-order valence-electron chi connectivity index (χ4n) is 4.07. The van der Waals surface area contributed by atoms with Crippen molar-refractivity contribution >= 4 is 17.5 Å². The third-order valence-corrected chi connectivity index (χ3v) is 5.43. The average molecular weight is 292 g/mol. The summed E-state index contributed by atoms with van der Waals surface area (Å²) in [4.78, 5) is 12.2. The molecular weight excluding hydrogens is 270 g/mol. The van der Waals surface area contributed by atoms with Crippen LogP contribution in [-0.4, -0.2) is 5.91 Å². The standard InChI is InChI=1S/C17H22ClNO/c1-11(15-4-2-3-5-16(15)18)19-17(20)10-14-9-12-6-7-13(14)8-12/h2-5,11-14H,6-10H2,1H3,(H,19,20)/t11-,12-,13-,14-/m0/s1. The molecule has 0 radical (unpaired) electrons. The van der Waals surface area contributed by atoms with Crippen molar-refractivity contribution in [1.82, 2.24) is 5.32 Å². The quantitative estimate of drug-likeness (QED) is 0.878. The van der Waals surface area contributed by atoms with E-state index in [9.17, 15) is 4.79 Å². The number of carbonyl (C=O) groups excluding carboxylic acids is 1. The van der Waals surface area contributed by atoms with E-state index in [2.05, 4.69) is 5.32 Å². The Kier molecular flexibility index (Phi) is 4.02. The summed E-state index contributed by atoms with van der Waals surface area (Å²) in [6.07, 6.45) is 6.04. The number of benzene rings is 1. The van der Waals surface area contributed by atoms with Crippen molar-refractivity contribution in [2.45, 2.75) is 45.1 Å². The van der Waals surface area contributed by atoms with Crippen LogP contribution in [0.3, 0.4) is 0 Å². The van der Waals surface area contributed by atoms with Gasteiger partial charge in [-0.3, -0.25) is 4.79 Å². The number of fused-ring (bicyclic) bond motifs is 2. The van der Waals surface area contributed by atoms with Crippen molar-refractivity contribution in [2.75, 3.05) is 0 Å². The van der Waals surface area contributed by atoms with E-state index in [1.165, 1.54) is 25.7 Å². The van der Waals surface area contributed by atoms with E-state index in [1.54, 1.807) is 0 Å². The van der Waals surface area contributed by atoms with Gasteiger partial charge in [0.15, 0.2) is 0 Å². The molecule has 20 heavy (non-hydrogen) atoms. The van der Waals surface area contributed by atoms with Crippen molar-refractivity contribution in [3.8, 4) is 0 Å². The maximum atomic E-state index is 12.2. The SMILES string of the molecule is C[C@H](NC(=O)C[C@@H]1C[C@H]2CC[C@H]1C2)c1ccccc1Cl. The van der Waals surface area contributed by atoms with Crippen LogP contribution in [0.5, 0.6) is 0 Å². The zero-order valence-electron chi connectivity index (χ0n) is 11.9. The summed E-state index contributed by atoms with van der Waals surface area (Å²) >= 11 is 6.17. The van der Waals surface area contributed by atoms with E-state index in [-0.39, 0.29) is 11.9 Å². The number of amides is 1. The minimum absolute atomic E-state index is 0.0187. The molecule has 2 bridgehead atoms. The monoisotopic (exact) mass is 291 g/mol. The summed E-state index contributed by atoms with van der Waals surface area (Å²) in [5.74, 6) is 2.50. The highest BCUT2D eigenvalue weighted by Crippen LogP contribution is 2.49. The fraction of sp³-hybridized carbons (Fsp3) is 0.588. The lowest BCUT2D eigenvalue weighted by atomic mass is 9.86. The normalized spacial score (nSPS) is 29.4. The van der Waals surface area contributed by atoms with Gasteiger partial charge < -0.3 is 5.32 Å². The van der Waals surface area contributed by atoms with Gasteiger partial charge >= 0.3 is 0 Å². The highest BCUT2D eigenvalue weighted by Gasteiger charge is 2.40. The maximum absolute atomic E-state index is 12.2. The predicted octanol–water partition coefficient (Wildman–Crippen LogP) is 4.34. The summed E-state index contributed by atoms with van der Waals surface area (Å²) in [5.41, 5.74) is 0.996. The van der Waals surface area contributed by atoms with Crippen molar-refractivity contribution in [3.63, 3.8) is 0 Å². The molecule has 3 rings (SSSR count). The van der Waals surface area contributed by atoms with E-state index in [0.717, 1.165) is 22.4 Å². The molecule has 1 N–H and O–H groups in total. The Bertz CT molecular complexity index is 502. The van der Waals surface area contributed by atoms with Crippen LogP contribution < -0.4 is 5.32 Å². The topological polar surface area (TPSA) is 29.1 Å². The minimum Gasteiger partial charge on any atom is -0.350 e. The first-order valence-corrected chi connectivity index (χ1v) is 8.05. The van der Waals surface area contributed by atoms with Crippen LogP contribution in [0.1, 0.15) is 50.6 Å².